The fraction of sp³-hybridized carbons (Fsp3) is 0.500. The minimum absolute atomic E-state index is 0. The molecule has 1 aromatic carbocycles. The number of amides is 1. The molecule has 1 unspecified atom stereocenters. The maximum Gasteiger partial charge on any atom is 0.243 e. The minimum atomic E-state index is -3.65. The van der Waals surface area contributed by atoms with Crippen molar-refractivity contribution in [1.82, 2.24) is 14.9 Å². The number of nitrogens with zero attached hydrogens (tertiary/aromatic N) is 1. The van der Waals surface area contributed by atoms with Gasteiger partial charge in [0.05, 0.1) is 11.4 Å². The summed E-state index contributed by atoms with van der Waals surface area (Å²) in [6.45, 7) is 1.31. The average molecular weight is 427 g/mol. The number of likely N-dealkylation sites (N-methyl/N-ethyl adjacent to an activating group) is 1. The molecule has 1 saturated heterocycles. The Morgan fingerprint density at radius 3 is 2.61 bits per heavy atom. The molecule has 1 heterocycles. The van der Waals surface area contributed by atoms with Crippen LogP contribution in [0.15, 0.2) is 33.6 Å². The quantitative estimate of drug-likeness (QED) is 0.720. The van der Waals surface area contributed by atoms with Gasteiger partial charge < -0.3 is 10.6 Å². The van der Waals surface area contributed by atoms with Gasteiger partial charge in [0.25, 0.3) is 0 Å². The smallest absolute Gasteiger partial charge is 0.243 e. The monoisotopic (exact) mass is 425 g/mol. The van der Waals surface area contributed by atoms with Crippen LogP contribution in [-0.4, -0.2) is 51.4 Å². The van der Waals surface area contributed by atoms with E-state index in [4.69, 9.17) is 0 Å². The van der Waals surface area contributed by atoms with Crippen LogP contribution >= 0.6 is 28.3 Å². The molecular weight excluding hydrogens is 406 g/mol. The van der Waals surface area contributed by atoms with E-state index in [0.717, 1.165) is 28.2 Å². The summed E-state index contributed by atoms with van der Waals surface area (Å²) in [4.78, 5) is 12.1. The molecule has 0 aliphatic carbocycles. The van der Waals surface area contributed by atoms with Crippen molar-refractivity contribution in [3.63, 3.8) is 0 Å². The number of sulfonamides is 1. The first kappa shape index (κ1) is 20.4. The van der Waals surface area contributed by atoms with Crippen LogP contribution in [-0.2, 0) is 14.8 Å². The van der Waals surface area contributed by atoms with E-state index >= 15 is 0 Å². The number of nitrogens with one attached hydrogen (secondary N) is 2. The lowest BCUT2D eigenvalue weighted by atomic mass is 10.2. The maximum atomic E-state index is 12.4. The summed E-state index contributed by atoms with van der Waals surface area (Å²) in [5.41, 5.74) is 0. The van der Waals surface area contributed by atoms with Gasteiger partial charge >= 0.3 is 0 Å². The van der Waals surface area contributed by atoms with Crippen LogP contribution in [0.1, 0.15) is 12.8 Å². The highest BCUT2D eigenvalue weighted by atomic mass is 79.9. The molecule has 0 aromatic heterocycles. The molecule has 0 bridgehead atoms. The maximum absolute atomic E-state index is 12.4. The normalized spacial score (nSPS) is 17.8. The zero-order valence-corrected chi connectivity index (χ0v) is 16.0. The topological polar surface area (TPSA) is 78.5 Å². The minimum Gasteiger partial charge on any atom is -0.353 e. The molecule has 1 fully saturated rings. The Kier molecular flexibility index (Phi) is 7.96. The van der Waals surface area contributed by atoms with Gasteiger partial charge in [-0.05, 0) is 43.7 Å². The molecule has 1 aliphatic rings. The van der Waals surface area contributed by atoms with E-state index in [1.54, 1.807) is 12.1 Å². The predicted octanol–water partition coefficient (Wildman–Crippen LogP) is 1.36. The van der Waals surface area contributed by atoms with Crippen molar-refractivity contribution in [2.45, 2.75) is 23.8 Å². The molecule has 23 heavy (non-hydrogen) atoms. The Hall–Kier alpha value is -0.670. The largest absolute Gasteiger partial charge is 0.353 e. The van der Waals surface area contributed by atoms with E-state index in [9.17, 15) is 13.2 Å². The molecule has 1 atom stereocenters. The first-order chi connectivity index (χ1) is 10.4. The second kappa shape index (κ2) is 8.98. The third-order valence-electron chi connectivity index (χ3n) is 3.60. The van der Waals surface area contributed by atoms with Crippen molar-refractivity contribution >= 4 is 44.3 Å². The van der Waals surface area contributed by atoms with Crippen LogP contribution in [0.25, 0.3) is 0 Å². The predicted molar refractivity (Wildman–Crippen MR) is 95.2 cm³/mol. The highest BCUT2D eigenvalue weighted by Gasteiger charge is 2.23. The summed E-state index contributed by atoms with van der Waals surface area (Å²) in [5, 5.41) is 6.05. The van der Waals surface area contributed by atoms with E-state index in [0.29, 0.717) is 6.54 Å². The molecule has 0 spiro atoms. The highest BCUT2D eigenvalue weighted by molar-refractivity contribution is 9.10. The van der Waals surface area contributed by atoms with Gasteiger partial charge in [-0.2, -0.15) is 4.31 Å². The lowest BCUT2D eigenvalue weighted by Gasteiger charge is -2.18. The third-order valence-corrected chi connectivity index (χ3v) is 5.94. The van der Waals surface area contributed by atoms with Crippen LogP contribution in [0.5, 0.6) is 0 Å². The average Bonchev–Trinajstić information content (AvgIpc) is 2.99. The lowest BCUT2D eigenvalue weighted by molar-refractivity contribution is -0.121. The van der Waals surface area contributed by atoms with Crippen molar-refractivity contribution in [3.05, 3.63) is 28.7 Å². The zero-order valence-electron chi connectivity index (χ0n) is 12.8. The Morgan fingerprint density at radius 2 is 2.04 bits per heavy atom. The summed E-state index contributed by atoms with van der Waals surface area (Å²) >= 11 is 3.26. The lowest BCUT2D eigenvalue weighted by Crippen LogP contribution is -2.42. The Morgan fingerprint density at radius 1 is 1.39 bits per heavy atom. The van der Waals surface area contributed by atoms with Gasteiger partial charge in [0, 0.05) is 24.1 Å². The first-order valence-electron chi connectivity index (χ1n) is 7.11. The van der Waals surface area contributed by atoms with Crippen molar-refractivity contribution < 1.29 is 13.2 Å². The molecule has 0 saturated carbocycles. The van der Waals surface area contributed by atoms with Crippen LogP contribution in [0.2, 0.25) is 0 Å². The van der Waals surface area contributed by atoms with Gasteiger partial charge in [0.2, 0.25) is 15.9 Å². The Bertz CT molecular complexity index is 619. The number of carbonyl (C=O) groups is 1. The number of carbonyl (C=O) groups excluding carboxylic acids is 1. The van der Waals surface area contributed by atoms with Crippen molar-refractivity contribution in [2.75, 3.05) is 26.7 Å². The van der Waals surface area contributed by atoms with Crippen molar-refractivity contribution in [1.29, 1.82) is 0 Å². The number of hydrogen-bond acceptors (Lipinski definition) is 4. The summed E-state index contributed by atoms with van der Waals surface area (Å²) in [5.74, 6) is -0.295. The summed E-state index contributed by atoms with van der Waals surface area (Å²) < 4.78 is 26.6. The second-order valence-corrected chi connectivity index (χ2v) is 8.27. The molecule has 130 valence electrons. The van der Waals surface area contributed by atoms with E-state index in [2.05, 4.69) is 26.6 Å². The Balaban J connectivity index is 0.00000264. The van der Waals surface area contributed by atoms with E-state index < -0.39 is 10.0 Å². The number of benzene rings is 1. The van der Waals surface area contributed by atoms with E-state index in [1.165, 1.54) is 19.2 Å². The summed E-state index contributed by atoms with van der Waals surface area (Å²) in [6.07, 6.45) is 2.14. The number of halogens is 2. The number of rotatable bonds is 6. The molecule has 0 radical (unpaired) electrons. The van der Waals surface area contributed by atoms with E-state index in [1.807, 2.05) is 0 Å². The van der Waals surface area contributed by atoms with Gasteiger partial charge in [-0.15, -0.1) is 12.4 Å². The van der Waals surface area contributed by atoms with Crippen molar-refractivity contribution in [3.8, 4) is 0 Å². The fourth-order valence-electron chi connectivity index (χ4n) is 2.30. The van der Waals surface area contributed by atoms with Crippen LogP contribution in [0, 0.1) is 0 Å². The summed E-state index contributed by atoms with van der Waals surface area (Å²) in [6, 6.07) is 6.63. The van der Waals surface area contributed by atoms with E-state index in [-0.39, 0.29) is 35.8 Å². The second-order valence-electron chi connectivity index (χ2n) is 5.31. The molecular formula is C14H21BrClN3O3S. The van der Waals surface area contributed by atoms with Gasteiger partial charge in [-0.3, -0.25) is 4.79 Å². The molecule has 1 amide bonds. The standard InChI is InChI=1S/C14H20BrN3O3S.ClH/c1-18(10-14(19)17-9-12-3-2-8-16-12)22(20,21)13-6-4-11(15)5-7-13;/h4-7,12,16H,2-3,8-10H2,1H3,(H,17,19);1H. The SMILES string of the molecule is CN(CC(=O)NCC1CCCN1)S(=O)(=O)c1ccc(Br)cc1.Cl. The number of hydrogen-bond donors (Lipinski definition) is 2. The molecule has 6 nitrogen and oxygen atoms in total. The third kappa shape index (κ3) is 5.72. The fourth-order valence-corrected chi connectivity index (χ4v) is 3.69. The van der Waals surface area contributed by atoms with Gasteiger partial charge in [0.1, 0.15) is 0 Å². The van der Waals surface area contributed by atoms with Crippen LogP contribution in [0.4, 0.5) is 0 Å². The summed E-state index contributed by atoms with van der Waals surface area (Å²) in [7, 11) is -2.24. The van der Waals surface area contributed by atoms with Crippen LogP contribution in [0.3, 0.4) is 0 Å². The van der Waals surface area contributed by atoms with Gasteiger partial charge in [0.15, 0.2) is 0 Å². The molecule has 2 N–H and O–H groups in total. The van der Waals surface area contributed by atoms with Crippen LogP contribution < -0.4 is 10.6 Å². The first-order valence-corrected chi connectivity index (χ1v) is 9.35. The Labute approximate surface area is 151 Å². The molecule has 1 aromatic rings. The molecule has 1 aliphatic heterocycles. The van der Waals surface area contributed by atoms with Crippen molar-refractivity contribution in [2.24, 2.45) is 0 Å². The molecule has 2 rings (SSSR count). The molecule has 9 heteroatoms. The highest BCUT2D eigenvalue weighted by Crippen LogP contribution is 2.17. The zero-order chi connectivity index (χ0) is 16.2. The van der Waals surface area contributed by atoms with Gasteiger partial charge in [-0.25, -0.2) is 8.42 Å². The van der Waals surface area contributed by atoms with Gasteiger partial charge in [-0.1, -0.05) is 15.9 Å².